The maximum atomic E-state index is 10.9. The van der Waals surface area contributed by atoms with Crippen molar-refractivity contribution in [3.63, 3.8) is 0 Å². The van der Waals surface area contributed by atoms with Crippen molar-refractivity contribution in [1.29, 1.82) is 0 Å². The number of hydrogen-bond acceptors (Lipinski definition) is 5. The maximum absolute atomic E-state index is 10.9. The van der Waals surface area contributed by atoms with Crippen molar-refractivity contribution in [3.8, 4) is 0 Å². The summed E-state index contributed by atoms with van der Waals surface area (Å²) in [6.45, 7) is 5.64. The summed E-state index contributed by atoms with van der Waals surface area (Å²) in [5, 5.41) is 28.1. The summed E-state index contributed by atoms with van der Waals surface area (Å²) in [7, 11) is 0. The molecular weight excluding hydrogens is 272 g/mol. The quantitative estimate of drug-likeness (QED) is 0.211. The van der Waals surface area contributed by atoms with E-state index in [9.17, 15) is 20.1 Å². The van der Waals surface area contributed by atoms with Crippen LogP contribution in [0.15, 0.2) is 12.7 Å². The molecule has 0 aliphatic carbocycles. The molecule has 0 rings (SSSR count). The van der Waals surface area contributed by atoms with E-state index >= 15 is 0 Å². The van der Waals surface area contributed by atoms with Gasteiger partial charge >= 0.3 is 5.97 Å². The summed E-state index contributed by atoms with van der Waals surface area (Å²) in [6.07, 6.45) is 9.12. The normalized spacial score (nSPS) is 13.0. The summed E-state index contributed by atoms with van der Waals surface area (Å²) >= 11 is 0. The van der Waals surface area contributed by atoms with E-state index in [1.165, 1.54) is 19.3 Å². The summed E-state index contributed by atoms with van der Waals surface area (Å²) < 4.78 is 4.82. The van der Waals surface area contributed by atoms with Crippen molar-refractivity contribution in [3.05, 3.63) is 12.7 Å². The molecule has 0 bridgehead atoms. The molecule has 0 aromatic heterocycles. The number of hydrogen-bond donors (Lipinski definition) is 3. The largest absolute Gasteiger partial charge is 0.463 e. The smallest absolute Gasteiger partial charge is 0.330 e. The topological polar surface area (TPSA) is 87.0 Å². The zero-order valence-corrected chi connectivity index (χ0v) is 13.1. The van der Waals surface area contributed by atoms with Crippen LogP contribution in [-0.4, -0.2) is 33.9 Å². The molecule has 0 saturated heterocycles. The standard InChI is InChI=1S/C16H30O5/c1-3-5-6-7-8-9-11-14(16(18,19)20)12-10-13-21-15(17)4-2/h4,14,18-20H,2-3,5-13H2,1H3. The Bertz CT molecular complexity index is 283. The number of carbonyl (C=O) groups excluding carboxylic acids is 1. The Kier molecular flexibility index (Phi) is 11.2. The fourth-order valence-electron chi connectivity index (χ4n) is 2.26. The molecule has 124 valence electrons. The molecule has 0 amide bonds. The van der Waals surface area contributed by atoms with E-state index in [4.69, 9.17) is 4.74 Å². The van der Waals surface area contributed by atoms with Crippen LogP contribution in [0.4, 0.5) is 0 Å². The van der Waals surface area contributed by atoms with E-state index in [0.29, 0.717) is 19.3 Å². The van der Waals surface area contributed by atoms with Gasteiger partial charge in [-0.25, -0.2) is 4.79 Å². The van der Waals surface area contributed by atoms with Crippen LogP contribution in [0.2, 0.25) is 0 Å². The predicted octanol–water partition coefficient (Wildman–Crippen LogP) is 2.49. The number of carbonyl (C=O) groups is 1. The minimum Gasteiger partial charge on any atom is -0.463 e. The van der Waals surface area contributed by atoms with Crippen LogP contribution in [0.5, 0.6) is 0 Å². The molecule has 0 spiro atoms. The molecule has 0 aromatic rings. The van der Waals surface area contributed by atoms with Gasteiger partial charge in [-0.3, -0.25) is 0 Å². The molecule has 21 heavy (non-hydrogen) atoms. The van der Waals surface area contributed by atoms with Crippen molar-refractivity contribution >= 4 is 5.97 Å². The highest BCUT2D eigenvalue weighted by Gasteiger charge is 2.31. The molecule has 5 heteroatoms. The average Bonchev–Trinajstić information content (AvgIpc) is 2.43. The Labute approximate surface area is 127 Å². The molecule has 1 unspecified atom stereocenters. The first-order chi connectivity index (χ1) is 9.91. The van der Waals surface area contributed by atoms with E-state index < -0.39 is 17.9 Å². The predicted molar refractivity (Wildman–Crippen MR) is 81.3 cm³/mol. The lowest BCUT2D eigenvalue weighted by Gasteiger charge is -2.26. The Morgan fingerprint density at radius 1 is 1.10 bits per heavy atom. The van der Waals surface area contributed by atoms with Crippen LogP contribution >= 0.6 is 0 Å². The number of esters is 1. The number of ether oxygens (including phenoxy) is 1. The number of aliphatic hydroxyl groups is 3. The first kappa shape index (κ1) is 20.1. The molecule has 0 aromatic carbocycles. The van der Waals surface area contributed by atoms with Gasteiger partial charge in [-0.1, -0.05) is 52.0 Å². The van der Waals surface area contributed by atoms with Crippen LogP contribution < -0.4 is 0 Å². The van der Waals surface area contributed by atoms with Crippen LogP contribution in [0.1, 0.15) is 64.7 Å². The Hall–Kier alpha value is -0.910. The number of unbranched alkanes of at least 4 members (excludes halogenated alkanes) is 5. The molecular formula is C16H30O5. The lowest BCUT2D eigenvalue weighted by atomic mass is 9.93. The summed E-state index contributed by atoms with van der Waals surface area (Å²) in [5.41, 5.74) is 0. The minimum atomic E-state index is -2.66. The first-order valence-corrected chi connectivity index (χ1v) is 7.88. The van der Waals surface area contributed by atoms with Crippen molar-refractivity contribution in [2.75, 3.05) is 6.61 Å². The SMILES string of the molecule is C=CC(=O)OCCCC(CCCCCCCC)C(O)(O)O. The third kappa shape index (κ3) is 11.4. The Balaban J connectivity index is 3.88. The van der Waals surface area contributed by atoms with Gasteiger partial charge in [0.1, 0.15) is 0 Å². The molecule has 0 saturated carbocycles. The van der Waals surface area contributed by atoms with Crippen molar-refractivity contribution in [1.82, 2.24) is 0 Å². The molecule has 5 nitrogen and oxygen atoms in total. The highest BCUT2D eigenvalue weighted by molar-refractivity contribution is 5.81. The average molecular weight is 302 g/mol. The summed E-state index contributed by atoms with van der Waals surface area (Å²) in [6, 6.07) is 0. The van der Waals surface area contributed by atoms with Gasteiger partial charge in [0.2, 0.25) is 0 Å². The fourth-order valence-corrected chi connectivity index (χ4v) is 2.26. The second-order valence-corrected chi connectivity index (χ2v) is 5.45. The van der Waals surface area contributed by atoms with Gasteiger partial charge in [0.05, 0.1) is 6.61 Å². The Morgan fingerprint density at radius 3 is 2.24 bits per heavy atom. The van der Waals surface area contributed by atoms with Gasteiger partial charge in [-0.05, 0) is 19.3 Å². The summed E-state index contributed by atoms with van der Waals surface area (Å²) in [4.78, 5) is 10.9. The second-order valence-electron chi connectivity index (χ2n) is 5.45. The maximum Gasteiger partial charge on any atom is 0.330 e. The molecule has 0 radical (unpaired) electrons. The van der Waals surface area contributed by atoms with Gasteiger partial charge in [-0.15, -0.1) is 0 Å². The third-order valence-corrected chi connectivity index (χ3v) is 3.56. The molecule has 0 heterocycles. The van der Waals surface area contributed by atoms with E-state index in [1.807, 2.05) is 0 Å². The van der Waals surface area contributed by atoms with Crippen LogP contribution in [0, 0.1) is 5.92 Å². The monoisotopic (exact) mass is 302 g/mol. The number of rotatable bonds is 13. The molecule has 0 aliphatic rings. The second kappa shape index (κ2) is 11.7. The zero-order chi connectivity index (χ0) is 16.1. The lowest BCUT2D eigenvalue weighted by Crippen LogP contribution is -2.37. The zero-order valence-electron chi connectivity index (χ0n) is 13.1. The van der Waals surface area contributed by atoms with E-state index in [0.717, 1.165) is 25.3 Å². The highest BCUT2D eigenvalue weighted by Crippen LogP contribution is 2.24. The minimum absolute atomic E-state index is 0.188. The molecule has 1 atom stereocenters. The molecule has 3 N–H and O–H groups in total. The van der Waals surface area contributed by atoms with E-state index in [2.05, 4.69) is 13.5 Å². The lowest BCUT2D eigenvalue weighted by molar-refractivity contribution is -0.344. The Morgan fingerprint density at radius 2 is 1.67 bits per heavy atom. The van der Waals surface area contributed by atoms with Gasteiger partial charge in [0, 0.05) is 12.0 Å². The van der Waals surface area contributed by atoms with Crippen LogP contribution in [0.3, 0.4) is 0 Å². The van der Waals surface area contributed by atoms with E-state index in [1.54, 1.807) is 0 Å². The van der Waals surface area contributed by atoms with Crippen molar-refractivity contribution < 1.29 is 24.9 Å². The third-order valence-electron chi connectivity index (χ3n) is 3.56. The highest BCUT2D eigenvalue weighted by atomic mass is 16.7. The van der Waals surface area contributed by atoms with Gasteiger partial charge in [-0.2, -0.15) is 0 Å². The first-order valence-electron chi connectivity index (χ1n) is 7.88. The van der Waals surface area contributed by atoms with Crippen LogP contribution in [-0.2, 0) is 9.53 Å². The van der Waals surface area contributed by atoms with Crippen LogP contribution in [0.25, 0.3) is 0 Å². The fraction of sp³-hybridized carbons (Fsp3) is 0.812. The van der Waals surface area contributed by atoms with Gasteiger partial charge < -0.3 is 20.1 Å². The van der Waals surface area contributed by atoms with E-state index in [-0.39, 0.29) is 6.61 Å². The van der Waals surface area contributed by atoms with Gasteiger partial charge in [0.15, 0.2) is 0 Å². The van der Waals surface area contributed by atoms with Crippen molar-refractivity contribution in [2.45, 2.75) is 70.7 Å². The molecule has 0 aliphatic heterocycles. The molecule has 0 fully saturated rings. The summed E-state index contributed by atoms with van der Waals surface area (Å²) in [5.74, 6) is -3.77. The van der Waals surface area contributed by atoms with Gasteiger partial charge in [0.25, 0.3) is 5.97 Å². The van der Waals surface area contributed by atoms with Crippen molar-refractivity contribution in [2.24, 2.45) is 5.92 Å².